The minimum Gasteiger partial charge on any atom is -0.348 e. The number of amides is 1. The number of benzene rings is 1. The molecule has 1 amide bonds. The molecule has 28 heavy (non-hydrogen) atoms. The van der Waals surface area contributed by atoms with Crippen LogP contribution in [0.1, 0.15) is 23.3 Å². The van der Waals surface area contributed by atoms with Gasteiger partial charge in [-0.15, -0.1) is 11.3 Å². The molecule has 0 bridgehead atoms. The number of aromatic nitrogens is 2. The summed E-state index contributed by atoms with van der Waals surface area (Å²) >= 11 is 1.22. The Bertz CT molecular complexity index is 1040. The Kier molecular flexibility index (Phi) is 5.29. The molecule has 9 heteroatoms. The number of H-pyrrole nitrogens is 1. The highest BCUT2D eigenvalue weighted by atomic mass is 32.2. The van der Waals surface area contributed by atoms with Crippen molar-refractivity contribution in [2.45, 2.75) is 23.1 Å². The molecule has 0 atom stereocenters. The zero-order valence-electron chi connectivity index (χ0n) is 15.0. The first-order valence-electron chi connectivity index (χ1n) is 8.99. The highest BCUT2D eigenvalue weighted by Crippen LogP contribution is 2.24. The standard InChI is InChI=1S/C19H20N4O3S2/c24-19(17-13-16(21-22-17)14-5-2-1-3-6-14)20-15-8-10-23(11-9-15)28(25,26)18-7-4-12-27-18/h1-7,12-13,15H,8-11H2,(H,20,24)(H,21,22). The second-order valence-corrected chi connectivity index (χ2v) is 9.73. The summed E-state index contributed by atoms with van der Waals surface area (Å²) in [6, 6.07) is 14.6. The molecule has 1 aliphatic rings. The molecule has 146 valence electrons. The van der Waals surface area contributed by atoms with E-state index in [1.54, 1.807) is 23.6 Å². The van der Waals surface area contributed by atoms with Crippen molar-refractivity contribution in [3.05, 3.63) is 59.6 Å². The molecule has 0 radical (unpaired) electrons. The van der Waals surface area contributed by atoms with Crippen LogP contribution in [0, 0.1) is 0 Å². The van der Waals surface area contributed by atoms with Crippen LogP contribution in [0.15, 0.2) is 58.1 Å². The topological polar surface area (TPSA) is 95.2 Å². The highest BCUT2D eigenvalue weighted by molar-refractivity contribution is 7.91. The third-order valence-corrected chi connectivity index (χ3v) is 8.04. The summed E-state index contributed by atoms with van der Waals surface area (Å²) in [6.07, 6.45) is 1.16. The maximum atomic E-state index is 12.6. The van der Waals surface area contributed by atoms with Gasteiger partial charge in [0.1, 0.15) is 9.90 Å². The van der Waals surface area contributed by atoms with Gasteiger partial charge in [-0.1, -0.05) is 36.4 Å². The molecule has 1 saturated heterocycles. The van der Waals surface area contributed by atoms with Crippen molar-refractivity contribution in [3.8, 4) is 11.3 Å². The Morgan fingerprint density at radius 2 is 1.89 bits per heavy atom. The number of nitrogens with zero attached hydrogens (tertiary/aromatic N) is 2. The van der Waals surface area contributed by atoms with E-state index in [4.69, 9.17) is 0 Å². The quantitative estimate of drug-likeness (QED) is 0.669. The van der Waals surface area contributed by atoms with Gasteiger partial charge in [0, 0.05) is 24.7 Å². The van der Waals surface area contributed by atoms with Crippen molar-refractivity contribution in [2.24, 2.45) is 0 Å². The van der Waals surface area contributed by atoms with E-state index in [0.717, 1.165) is 5.56 Å². The Morgan fingerprint density at radius 3 is 2.57 bits per heavy atom. The number of piperidine rings is 1. The Morgan fingerprint density at radius 1 is 1.14 bits per heavy atom. The third-order valence-electron chi connectivity index (χ3n) is 4.77. The maximum Gasteiger partial charge on any atom is 0.269 e. The lowest BCUT2D eigenvalue weighted by molar-refractivity contribution is 0.0918. The predicted octanol–water partition coefficient (Wildman–Crippen LogP) is 2.72. The van der Waals surface area contributed by atoms with Gasteiger partial charge in [-0.05, 0) is 30.4 Å². The average molecular weight is 417 g/mol. The van der Waals surface area contributed by atoms with Crippen LogP contribution < -0.4 is 5.32 Å². The second-order valence-electron chi connectivity index (χ2n) is 6.62. The van der Waals surface area contributed by atoms with Crippen LogP contribution in [0.4, 0.5) is 0 Å². The molecule has 0 unspecified atom stereocenters. The number of hydrogen-bond donors (Lipinski definition) is 2. The van der Waals surface area contributed by atoms with Gasteiger partial charge in [-0.2, -0.15) is 9.40 Å². The maximum absolute atomic E-state index is 12.6. The van der Waals surface area contributed by atoms with E-state index in [1.165, 1.54) is 15.6 Å². The summed E-state index contributed by atoms with van der Waals surface area (Å²) in [5.41, 5.74) is 2.04. The number of thiophene rings is 1. The average Bonchev–Trinajstić information content (AvgIpc) is 3.42. The lowest BCUT2D eigenvalue weighted by Crippen LogP contribution is -2.46. The van der Waals surface area contributed by atoms with Gasteiger partial charge in [-0.3, -0.25) is 9.89 Å². The van der Waals surface area contributed by atoms with E-state index in [0.29, 0.717) is 41.5 Å². The smallest absolute Gasteiger partial charge is 0.269 e. The Hall–Kier alpha value is -2.49. The van der Waals surface area contributed by atoms with Crippen molar-refractivity contribution in [1.82, 2.24) is 19.8 Å². The fourth-order valence-electron chi connectivity index (χ4n) is 3.24. The minimum absolute atomic E-state index is 0.0641. The fraction of sp³-hybridized carbons (Fsp3) is 0.263. The Labute approximate surface area is 167 Å². The van der Waals surface area contributed by atoms with Crippen LogP contribution in [-0.2, 0) is 10.0 Å². The monoisotopic (exact) mass is 416 g/mol. The number of hydrogen-bond acceptors (Lipinski definition) is 5. The summed E-state index contributed by atoms with van der Waals surface area (Å²) in [4.78, 5) is 12.5. The van der Waals surface area contributed by atoms with Crippen molar-refractivity contribution >= 4 is 27.3 Å². The van der Waals surface area contributed by atoms with Crippen LogP contribution >= 0.6 is 11.3 Å². The summed E-state index contributed by atoms with van der Waals surface area (Å²) in [6.45, 7) is 0.785. The molecule has 1 aromatic carbocycles. The summed E-state index contributed by atoms with van der Waals surface area (Å²) in [5.74, 6) is -0.228. The molecule has 2 N–H and O–H groups in total. The molecule has 0 saturated carbocycles. The Balaban J connectivity index is 1.35. The number of rotatable bonds is 5. The molecular weight excluding hydrogens is 396 g/mol. The van der Waals surface area contributed by atoms with Gasteiger partial charge < -0.3 is 5.32 Å². The summed E-state index contributed by atoms with van der Waals surface area (Å²) in [7, 11) is -3.43. The van der Waals surface area contributed by atoms with Crippen LogP contribution in [0.5, 0.6) is 0 Å². The molecular formula is C19H20N4O3S2. The number of carbonyl (C=O) groups excluding carboxylic acids is 1. The normalized spacial score (nSPS) is 16.1. The summed E-state index contributed by atoms with van der Waals surface area (Å²) in [5, 5.41) is 11.7. The van der Waals surface area contributed by atoms with Gasteiger partial charge in [0.25, 0.3) is 15.9 Å². The minimum atomic E-state index is -3.43. The molecule has 3 aromatic rings. The van der Waals surface area contributed by atoms with E-state index >= 15 is 0 Å². The lowest BCUT2D eigenvalue weighted by atomic mass is 10.1. The van der Waals surface area contributed by atoms with Gasteiger partial charge >= 0.3 is 0 Å². The van der Waals surface area contributed by atoms with Crippen molar-refractivity contribution in [1.29, 1.82) is 0 Å². The van der Waals surface area contributed by atoms with Crippen LogP contribution in [0.25, 0.3) is 11.3 Å². The third kappa shape index (κ3) is 3.87. The van der Waals surface area contributed by atoms with E-state index in [-0.39, 0.29) is 11.9 Å². The van der Waals surface area contributed by atoms with Crippen molar-refractivity contribution in [3.63, 3.8) is 0 Å². The highest BCUT2D eigenvalue weighted by Gasteiger charge is 2.30. The van der Waals surface area contributed by atoms with Crippen LogP contribution in [0.2, 0.25) is 0 Å². The van der Waals surface area contributed by atoms with Crippen molar-refractivity contribution < 1.29 is 13.2 Å². The van der Waals surface area contributed by atoms with E-state index < -0.39 is 10.0 Å². The molecule has 1 fully saturated rings. The largest absolute Gasteiger partial charge is 0.348 e. The fourth-order valence-corrected chi connectivity index (χ4v) is 5.85. The predicted molar refractivity (Wildman–Crippen MR) is 108 cm³/mol. The van der Waals surface area contributed by atoms with Gasteiger partial charge in [0.15, 0.2) is 0 Å². The van der Waals surface area contributed by atoms with Crippen LogP contribution in [0.3, 0.4) is 0 Å². The van der Waals surface area contributed by atoms with Gasteiger partial charge in [0.05, 0.1) is 5.69 Å². The number of sulfonamides is 1. The SMILES string of the molecule is O=C(NC1CCN(S(=O)(=O)c2cccs2)CC1)c1cc(-c2ccccc2)n[nH]1. The molecule has 2 aromatic heterocycles. The zero-order chi connectivity index (χ0) is 19.6. The molecule has 7 nitrogen and oxygen atoms in total. The summed E-state index contributed by atoms with van der Waals surface area (Å²) < 4.78 is 27.0. The lowest BCUT2D eigenvalue weighted by Gasteiger charge is -2.31. The van der Waals surface area contributed by atoms with Crippen LogP contribution in [-0.4, -0.2) is 48.0 Å². The molecule has 1 aliphatic heterocycles. The molecule has 3 heterocycles. The van der Waals surface area contributed by atoms with Gasteiger partial charge in [-0.25, -0.2) is 8.42 Å². The number of aromatic amines is 1. The van der Waals surface area contributed by atoms with E-state index in [1.807, 2.05) is 30.3 Å². The zero-order valence-corrected chi connectivity index (χ0v) is 16.7. The molecule has 0 aliphatic carbocycles. The molecule has 4 rings (SSSR count). The van der Waals surface area contributed by atoms with Crippen molar-refractivity contribution in [2.75, 3.05) is 13.1 Å². The van der Waals surface area contributed by atoms with Gasteiger partial charge in [0.2, 0.25) is 0 Å². The first kappa shape index (κ1) is 18.9. The molecule has 0 spiro atoms. The van der Waals surface area contributed by atoms with E-state index in [2.05, 4.69) is 15.5 Å². The number of carbonyl (C=O) groups is 1. The first-order valence-corrected chi connectivity index (χ1v) is 11.3. The number of nitrogens with one attached hydrogen (secondary N) is 2. The second kappa shape index (κ2) is 7.86. The van der Waals surface area contributed by atoms with E-state index in [9.17, 15) is 13.2 Å². The first-order chi connectivity index (χ1) is 13.5.